The number of aromatic nitrogens is 3. The third-order valence-electron chi connectivity index (χ3n) is 3.18. The van der Waals surface area contributed by atoms with Crippen molar-refractivity contribution in [1.29, 1.82) is 0 Å². The van der Waals surface area contributed by atoms with Gasteiger partial charge in [-0.25, -0.2) is 0 Å². The molecule has 0 spiro atoms. The Kier molecular flexibility index (Phi) is 5.65. The molecule has 120 valence electrons. The summed E-state index contributed by atoms with van der Waals surface area (Å²) in [5, 5.41) is 10.00. The van der Waals surface area contributed by atoms with Gasteiger partial charge in [-0.3, -0.25) is 4.79 Å². The van der Waals surface area contributed by atoms with Gasteiger partial charge in [0, 0.05) is 19.3 Å². The minimum absolute atomic E-state index is 0.183. The number of carbonyl (C=O) groups is 1. The number of anilines is 1. The summed E-state index contributed by atoms with van der Waals surface area (Å²) in [5.74, 6) is -0.257. The molecular weight excluding hydrogens is 340 g/mol. The average molecular weight is 359 g/mol. The molecule has 6 nitrogen and oxygen atoms in total. The van der Waals surface area contributed by atoms with Gasteiger partial charge >= 0.3 is 5.97 Å². The first-order valence-electron chi connectivity index (χ1n) is 6.88. The van der Waals surface area contributed by atoms with Crippen LogP contribution in [0.25, 0.3) is 9.88 Å². The number of carbonyl (C=O) groups excluding carboxylic acids is 1. The molecule has 0 atom stereocenters. The lowest BCUT2D eigenvalue weighted by Gasteiger charge is -2.17. The molecule has 0 unspecified atom stereocenters. The van der Waals surface area contributed by atoms with Crippen LogP contribution in [0.5, 0.6) is 0 Å². The van der Waals surface area contributed by atoms with E-state index in [1.165, 1.54) is 22.7 Å². The predicted octanol–water partition coefficient (Wildman–Crippen LogP) is 3.03. The molecule has 22 heavy (non-hydrogen) atoms. The quantitative estimate of drug-likeness (QED) is 0.584. The fraction of sp³-hybridized carbons (Fsp3) is 0.538. The van der Waals surface area contributed by atoms with Crippen LogP contribution in [0.2, 0.25) is 0 Å². The summed E-state index contributed by atoms with van der Waals surface area (Å²) in [7, 11) is 1.94. The maximum atomic E-state index is 11.6. The Morgan fingerprint density at radius 1 is 1.36 bits per heavy atom. The number of nitrogens with zero attached hydrogens (tertiary/aromatic N) is 4. The van der Waals surface area contributed by atoms with Gasteiger partial charge in [-0.15, -0.1) is 21.5 Å². The molecule has 0 radical (unpaired) electrons. The number of hydrogen-bond donors (Lipinski definition) is 0. The molecule has 0 aliphatic rings. The SMILES string of the molecule is CCOC(=O)CN(CC)c1nnc(-c2sc(=S)n(C)c2C)s1. The lowest BCUT2D eigenvalue weighted by molar-refractivity contribution is -0.141. The largest absolute Gasteiger partial charge is 0.465 e. The number of rotatable bonds is 6. The monoisotopic (exact) mass is 358 g/mol. The highest BCUT2D eigenvalue weighted by molar-refractivity contribution is 7.73. The van der Waals surface area contributed by atoms with Crippen molar-refractivity contribution in [3.05, 3.63) is 9.65 Å². The van der Waals surface area contributed by atoms with Gasteiger partial charge in [0.15, 0.2) is 8.96 Å². The van der Waals surface area contributed by atoms with Gasteiger partial charge in [0.1, 0.15) is 6.54 Å². The zero-order chi connectivity index (χ0) is 16.3. The van der Waals surface area contributed by atoms with Crippen molar-refractivity contribution in [2.75, 3.05) is 24.6 Å². The van der Waals surface area contributed by atoms with Gasteiger partial charge < -0.3 is 14.2 Å². The topological polar surface area (TPSA) is 60.2 Å². The number of thiazole rings is 1. The fourth-order valence-corrected chi connectivity index (χ4v) is 4.23. The summed E-state index contributed by atoms with van der Waals surface area (Å²) in [6.07, 6.45) is 0. The van der Waals surface area contributed by atoms with Crippen LogP contribution in [-0.4, -0.2) is 40.4 Å². The molecule has 2 heterocycles. The van der Waals surface area contributed by atoms with Gasteiger partial charge in [-0.2, -0.15) is 0 Å². The van der Waals surface area contributed by atoms with Crippen LogP contribution in [0.3, 0.4) is 0 Å². The highest BCUT2D eigenvalue weighted by Gasteiger charge is 2.18. The summed E-state index contributed by atoms with van der Waals surface area (Å²) in [5.41, 5.74) is 1.08. The van der Waals surface area contributed by atoms with E-state index < -0.39 is 0 Å². The Bertz CT molecular complexity index is 719. The Morgan fingerprint density at radius 2 is 2.09 bits per heavy atom. The molecule has 0 aliphatic heterocycles. The van der Waals surface area contributed by atoms with Gasteiger partial charge in [0.05, 0.1) is 11.5 Å². The van der Waals surface area contributed by atoms with E-state index in [0.29, 0.717) is 18.3 Å². The van der Waals surface area contributed by atoms with E-state index in [1.807, 2.05) is 30.4 Å². The van der Waals surface area contributed by atoms with Crippen molar-refractivity contribution in [2.24, 2.45) is 7.05 Å². The van der Waals surface area contributed by atoms with E-state index in [0.717, 1.165) is 19.5 Å². The van der Waals surface area contributed by atoms with Crippen molar-refractivity contribution in [3.8, 4) is 9.88 Å². The van der Waals surface area contributed by atoms with Crippen molar-refractivity contribution in [3.63, 3.8) is 0 Å². The second-order valence-corrected chi connectivity index (χ2v) is 7.15. The molecule has 0 fully saturated rings. The van der Waals surface area contributed by atoms with Crippen molar-refractivity contribution >= 4 is 46.0 Å². The second kappa shape index (κ2) is 7.30. The molecule has 0 saturated carbocycles. The Hall–Kier alpha value is -1.32. The number of esters is 1. The highest BCUT2D eigenvalue weighted by Crippen LogP contribution is 2.34. The maximum absolute atomic E-state index is 11.6. The molecule has 0 aromatic carbocycles. The van der Waals surface area contributed by atoms with Crippen molar-refractivity contribution in [1.82, 2.24) is 14.8 Å². The molecule has 0 aliphatic carbocycles. The summed E-state index contributed by atoms with van der Waals surface area (Å²) in [4.78, 5) is 14.5. The van der Waals surface area contributed by atoms with Gasteiger partial charge in [-0.05, 0) is 33.0 Å². The molecule has 2 aromatic heterocycles. The zero-order valence-electron chi connectivity index (χ0n) is 13.0. The van der Waals surface area contributed by atoms with Gasteiger partial charge in [0.25, 0.3) is 0 Å². The fourth-order valence-electron chi connectivity index (χ4n) is 1.83. The predicted molar refractivity (Wildman–Crippen MR) is 92.3 cm³/mol. The van der Waals surface area contributed by atoms with E-state index in [4.69, 9.17) is 17.0 Å². The summed E-state index contributed by atoms with van der Waals surface area (Å²) < 4.78 is 7.76. The first-order valence-corrected chi connectivity index (χ1v) is 8.92. The molecule has 0 saturated heterocycles. The van der Waals surface area contributed by atoms with Crippen LogP contribution in [0.1, 0.15) is 19.5 Å². The minimum atomic E-state index is -0.257. The normalized spacial score (nSPS) is 10.7. The van der Waals surface area contributed by atoms with Crippen molar-refractivity contribution < 1.29 is 9.53 Å². The van der Waals surface area contributed by atoms with Crippen LogP contribution < -0.4 is 4.90 Å². The van der Waals surface area contributed by atoms with Crippen LogP contribution >= 0.6 is 34.9 Å². The molecular formula is C13H18N4O2S3. The average Bonchev–Trinajstić information content (AvgIpc) is 3.06. The number of ether oxygens (including phenoxy) is 1. The zero-order valence-corrected chi connectivity index (χ0v) is 15.4. The maximum Gasteiger partial charge on any atom is 0.325 e. The van der Waals surface area contributed by atoms with E-state index in [1.54, 1.807) is 6.92 Å². The first kappa shape index (κ1) is 17.0. The Balaban J connectivity index is 2.24. The van der Waals surface area contributed by atoms with Gasteiger partial charge in [-0.1, -0.05) is 11.3 Å². The Labute approximate surface area is 142 Å². The van der Waals surface area contributed by atoms with Crippen molar-refractivity contribution in [2.45, 2.75) is 20.8 Å². The summed E-state index contributed by atoms with van der Waals surface area (Å²) in [6, 6.07) is 0. The Morgan fingerprint density at radius 3 is 2.64 bits per heavy atom. The molecule has 2 rings (SSSR count). The lowest BCUT2D eigenvalue weighted by atomic mass is 10.4. The van der Waals surface area contributed by atoms with Crippen LogP contribution in [0.15, 0.2) is 0 Å². The van der Waals surface area contributed by atoms with E-state index in [9.17, 15) is 4.79 Å². The third-order valence-corrected chi connectivity index (χ3v) is 5.98. The molecule has 9 heteroatoms. The van der Waals surface area contributed by atoms with Crippen LogP contribution in [-0.2, 0) is 16.6 Å². The van der Waals surface area contributed by atoms with Crippen LogP contribution in [0, 0.1) is 10.9 Å². The third kappa shape index (κ3) is 3.53. The standard InChI is InChI=1S/C13H18N4O2S3/c1-5-17(7-9(18)19-6-2)12-15-14-11(22-12)10-8(3)16(4)13(20)21-10/h5-7H2,1-4H3. The van der Waals surface area contributed by atoms with E-state index in [-0.39, 0.29) is 12.5 Å². The summed E-state index contributed by atoms with van der Waals surface area (Å²) in [6.45, 7) is 7.00. The molecule has 0 N–H and O–H groups in total. The minimum Gasteiger partial charge on any atom is -0.465 e. The highest BCUT2D eigenvalue weighted by atomic mass is 32.1. The van der Waals surface area contributed by atoms with E-state index in [2.05, 4.69) is 10.2 Å². The molecule has 0 amide bonds. The second-order valence-electron chi connectivity index (χ2n) is 4.55. The summed E-state index contributed by atoms with van der Waals surface area (Å²) >= 11 is 8.28. The molecule has 2 aromatic rings. The van der Waals surface area contributed by atoms with Crippen LogP contribution in [0.4, 0.5) is 5.13 Å². The smallest absolute Gasteiger partial charge is 0.325 e. The molecule has 0 bridgehead atoms. The number of likely N-dealkylation sites (N-methyl/N-ethyl adjacent to an activating group) is 1. The lowest BCUT2D eigenvalue weighted by Crippen LogP contribution is -2.30. The van der Waals surface area contributed by atoms with Gasteiger partial charge in [0.2, 0.25) is 5.13 Å². The first-order chi connectivity index (χ1) is 10.5. The van der Waals surface area contributed by atoms with E-state index >= 15 is 0 Å². The number of hydrogen-bond acceptors (Lipinski definition) is 8.